The van der Waals surface area contributed by atoms with Gasteiger partial charge in [0.25, 0.3) is 5.56 Å². The third-order valence-corrected chi connectivity index (χ3v) is 4.12. The van der Waals surface area contributed by atoms with Gasteiger partial charge in [0.1, 0.15) is 5.82 Å². The number of aryl methyl sites for hydroxylation is 1. The summed E-state index contributed by atoms with van der Waals surface area (Å²) in [6, 6.07) is 9.33. The molecule has 2 aromatic rings. The molecule has 0 aliphatic carbocycles. The first-order valence-corrected chi connectivity index (χ1v) is 8.33. The minimum Gasteiger partial charge on any atom is -0.370 e. The Kier molecular flexibility index (Phi) is 6.63. The topological polar surface area (TPSA) is 68.1 Å². The van der Waals surface area contributed by atoms with Crippen LogP contribution in [0, 0.1) is 0 Å². The monoisotopic (exact) mass is 350 g/mol. The van der Waals surface area contributed by atoms with Gasteiger partial charge < -0.3 is 10.6 Å². The van der Waals surface area contributed by atoms with Crippen LogP contribution in [0.25, 0.3) is 0 Å². The number of halogens is 1. The Morgan fingerprint density at radius 1 is 1.00 bits per heavy atom. The Bertz CT molecular complexity index is 781. The second kappa shape index (κ2) is 8.70. The Labute approximate surface area is 146 Å². The third-order valence-electron chi connectivity index (χ3n) is 3.87. The Morgan fingerprint density at radius 3 is 2.42 bits per heavy atom. The number of aromatic nitrogens is 2. The van der Waals surface area contributed by atoms with Gasteiger partial charge in [-0.1, -0.05) is 23.7 Å². The summed E-state index contributed by atoms with van der Waals surface area (Å²) < 4.78 is 2.52. The predicted molar refractivity (Wildman–Crippen MR) is 98.1 cm³/mol. The highest BCUT2D eigenvalue weighted by atomic mass is 35.5. The highest BCUT2D eigenvalue weighted by Crippen LogP contribution is 2.10. The van der Waals surface area contributed by atoms with Gasteiger partial charge in [0.2, 0.25) is 0 Å². The summed E-state index contributed by atoms with van der Waals surface area (Å²) >= 11 is 5.86. The molecule has 0 aliphatic heterocycles. The van der Waals surface area contributed by atoms with Gasteiger partial charge in [-0.25, -0.2) is 4.79 Å². The molecular formula is C17H23ClN4O2. The van der Waals surface area contributed by atoms with E-state index in [1.807, 2.05) is 24.3 Å². The maximum atomic E-state index is 11.8. The quantitative estimate of drug-likeness (QED) is 0.706. The van der Waals surface area contributed by atoms with E-state index in [4.69, 9.17) is 11.6 Å². The van der Waals surface area contributed by atoms with E-state index in [1.165, 1.54) is 23.2 Å². The summed E-state index contributed by atoms with van der Waals surface area (Å²) in [4.78, 5) is 23.4. The Morgan fingerprint density at radius 2 is 1.71 bits per heavy atom. The molecule has 0 spiro atoms. The predicted octanol–water partition coefficient (Wildman–Crippen LogP) is 1.37. The zero-order valence-corrected chi connectivity index (χ0v) is 14.8. The van der Waals surface area contributed by atoms with Crippen LogP contribution in [0.3, 0.4) is 0 Å². The number of benzene rings is 1. The second-order valence-corrected chi connectivity index (χ2v) is 6.11. The summed E-state index contributed by atoms with van der Waals surface area (Å²) in [7, 11) is 3.11. The molecule has 1 heterocycles. The first-order valence-electron chi connectivity index (χ1n) is 7.95. The molecule has 0 amide bonds. The van der Waals surface area contributed by atoms with Crippen LogP contribution in [0.1, 0.15) is 12.0 Å². The van der Waals surface area contributed by atoms with Crippen LogP contribution in [-0.4, -0.2) is 28.8 Å². The molecule has 7 heteroatoms. The van der Waals surface area contributed by atoms with Crippen molar-refractivity contribution in [2.75, 3.05) is 25.0 Å². The lowest BCUT2D eigenvalue weighted by Gasteiger charge is -2.12. The van der Waals surface area contributed by atoms with Crippen LogP contribution >= 0.6 is 11.6 Å². The van der Waals surface area contributed by atoms with E-state index in [0.717, 1.165) is 35.5 Å². The molecule has 130 valence electrons. The fourth-order valence-corrected chi connectivity index (χ4v) is 2.50. The molecular weight excluding hydrogens is 328 g/mol. The van der Waals surface area contributed by atoms with Crippen molar-refractivity contribution < 1.29 is 0 Å². The van der Waals surface area contributed by atoms with E-state index in [2.05, 4.69) is 10.6 Å². The minimum absolute atomic E-state index is 0.309. The van der Waals surface area contributed by atoms with E-state index in [9.17, 15) is 9.59 Å². The normalized spacial score (nSPS) is 10.8. The molecule has 0 aliphatic rings. The summed E-state index contributed by atoms with van der Waals surface area (Å²) in [5.74, 6) is 0.533. The average molecular weight is 351 g/mol. The summed E-state index contributed by atoms with van der Waals surface area (Å²) in [6.07, 6.45) is 2.03. The lowest BCUT2D eigenvalue weighted by molar-refractivity contribution is 0.653. The first kappa shape index (κ1) is 18.3. The zero-order chi connectivity index (χ0) is 17.5. The molecule has 0 unspecified atom stereocenters. The van der Waals surface area contributed by atoms with Crippen LogP contribution in [0.5, 0.6) is 0 Å². The van der Waals surface area contributed by atoms with E-state index < -0.39 is 0 Å². The minimum atomic E-state index is -0.332. The fourth-order valence-electron chi connectivity index (χ4n) is 2.38. The number of anilines is 1. The van der Waals surface area contributed by atoms with Gasteiger partial charge in [-0.05, 0) is 37.1 Å². The Hall–Kier alpha value is -2.05. The number of rotatable bonds is 8. The van der Waals surface area contributed by atoms with Crippen LogP contribution in [-0.2, 0) is 20.5 Å². The van der Waals surface area contributed by atoms with E-state index in [-0.39, 0.29) is 11.2 Å². The van der Waals surface area contributed by atoms with Crippen LogP contribution < -0.4 is 21.9 Å². The van der Waals surface area contributed by atoms with Crippen molar-refractivity contribution >= 4 is 17.4 Å². The molecule has 0 saturated carbocycles. The smallest absolute Gasteiger partial charge is 0.332 e. The highest BCUT2D eigenvalue weighted by molar-refractivity contribution is 6.30. The number of nitrogens with zero attached hydrogens (tertiary/aromatic N) is 2. The SMILES string of the molecule is Cn1c(NCCNCCCc2ccc(Cl)cc2)cc(=O)n(C)c1=O. The van der Waals surface area contributed by atoms with Crippen LogP contribution in [0.2, 0.25) is 5.02 Å². The maximum Gasteiger partial charge on any atom is 0.332 e. The molecule has 0 saturated heterocycles. The van der Waals surface area contributed by atoms with Gasteiger partial charge in [-0.3, -0.25) is 13.9 Å². The third kappa shape index (κ3) is 4.97. The number of nitrogens with one attached hydrogen (secondary N) is 2. The molecule has 1 aromatic carbocycles. The van der Waals surface area contributed by atoms with E-state index in [0.29, 0.717) is 12.4 Å². The molecule has 2 rings (SSSR count). The number of hydrogen-bond acceptors (Lipinski definition) is 4. The lowest BCUT2D eigenvalue weighted by atomic mass is 10.1. The van der Waals surface area contributed by atoms with Gasteiger partial charge in [0.05, 0.1) is 0 Å². The summed E-state index contributed by atoms with van der Waals surface area (Å²) in [6.45, 7) is 2.30. The van der Waals surface area contributed by atoms with Crippen molar-refractivity contribution in [1.29, 1.82) is 0 Å². The van der Waals surface area contributed by atoms with Crippen molar-refractivity contribution in [3.05, 3.63) is 61.8 Å². The zero-order valence-electron chi connectivity index (χ0n) is 14.0. The fraction of sp³-hybridized carbons (Fsp3) is 0.412. The Balaban J connectivity index is 1.68. The van der Waals surface area contributed by atoms with Crippen LogP contribution in [0.4, 0.5) is 5.82 Å². The lowest BCUT2D eigenvalue weighted by Crippen LogP contribution is -2.38. The van der Waals surface area contributed by atoms with Gasteiger partial charge in [0.15, 0.2) is 0 Å². The van der Waals surface area contributed by atoms with Crippen molar-refractivity contribution in [1.82, 2.24) is 14.5 Å². The number of hydrogen-bond donors (Lipinski definition) is 2. The first-order chi connectivity index (χ1) is 11.5. The van der Waals surface area contributed by atoms with Gasteiger partial charge in [-0.2, -0.15) is 0 Å². The average Bonchev–Trinajstić information content (AvgIpc) is 2.58. The van der Waals surface area contributed by atoms with Gasteiger partial charge in [-0.15, -0.1) is 0 Å². The molecule has 24 heavy (non-hydrogen) atoms. The molecule has 0 fully saturated rings. The van der Waals surface area contributed by atoms with Crippen molar-refractivity contribution in [3.8, 4) is 0 Å². The molecule has 6 nitrogen and oxygen atoms in total. The van der Waals surface area contributed by atoms with Crippen molar-refractivity contribution in [3.63, 3.8) is 0 Å². The van der Waals surface area contributed by atoms with E-state index in [1.54, 1.807) is 7.05 Å². The molecule has 0 radical (unpaired) electrons. The van der Waals surface area contributed by atoms with Gasteiger partial charge >= 0.3 is 5.69 Å². The molecule has 0 atom stereocenters. The molecule has 1 aromatic heterocycles. The standard InChI is InChI=1S/C17H23ClN4O2/c1-21-15(12-16(23)22(2)17(21)24)20-11-10-19-9-3-4-13-5-7-14(18)8-6-13/h5-8,12,19-20H,3-4,9-11H2,1-2H3. The van der Waals surface area contributed by atoms with Crippen molar-refractivity contribution in [2.24, 2.45) is 14.1 Å². The molecule has 0 bridgehead atoms. The van der Waals surface area contributed by atoms with Crippen LogP contribution in [0.15, 0.2) is 39.9 Å². The van der Waals surface area contributed by atoms with Gasteiger partial charge in [0, 0.05) is 38.3 Å². The van der Waals surface area contributed by atoms with Crippen molar-refractivity contribution in [2.45, 2.75) is 12.8 Å². The van der Waals surface area contributed by atoms with E-state index >= 15 is 0 Å². The summed E-state index contributed by atoms with van der Waals surface area (Å²) in [5.41, 5.74) is 0.631. The largest absolute Gasteiger partial charge is 0.370 e. The highest BCUT2D eigenvalue weighted by Gasteiger charge is 2.04. The second-order valence-electron chi connectivity index (χ2n) is 5.68. The summed E-state index contributed by atoms with van der Waals surface area (Å²) in [5, 5.41) is 7.20. The maximum absolute atomic E-state index is 11.8. The molecule has 2 N–H and O–H groups in total.